The molecule has 0 aliphatic heterocycles. The summed E-state index contributed by atoms with van der Waals surface area (Å²) in [5.41, 5.74) is 6.59. The highest BCUT2D eigenvalue weighted by Gasteiger charge is 2.17. The fourth-order valence-electron chi connectivity index (χ4n) is 4.93. The maximum absolute atomic E-state index is 4.42. The summed E-state index contributed by atoms with van der Waals surface area (Å²) in [6, 6.07) is 20.3. The summed E-state index contributed by atoms with van der Waals surface area (Å²) in [5, 5.41) is 18.7. The van der Waals surface area contributed by atoms with E-state index in [0.717, 1.165) is 32.9 Å². The maximum atomic E-state index is 4.42. The Morgan fingerprint density at radius 2 is 1.05 bits per heavy atom. The van der Waals surface area contributed by atoms with Gasteiger partial charge in [-0.05, 0) is 93.2 Å². The van der Waals surface area contributed by atoms with Crippen LogP contribution in [0.15, 0.2) is 94.7 Å². The zero-order valence-electron chi connectivity index (χ0n) is 23.4. The van der Waals surface area contributed by atoms with Crippen molar-refractivity contribution in [2.24, 2.45) is 0 Å². The molecule has 2 aromatic carbocycles. The van der Waals surface area contributed by atoms with Gasteiger partial charge in [-0.2, -0.15) is 0 Å². The number of hydrogen-bond donors (Lipinski definition) is 0. The summed E-state index contributed by atoms with van der Waals surface area (Å²) in [4.78, 5) is 26.0. The molecule has 0 radical (unpaired) electrons. The molecule has 12 nitrogen and oxygen atoms in total. The van der Waals surface area contributed by atoms with E-state index in [1.807, 2.05) is 36.4 Å². The van der Waals surface area contributed by atoms with E-state index in [9.17, 15) is 0 Å². The largest absolute Gasteiger partial charge is 0.256 e. The molecule has 8 rings (SSSR count). The van der Waals surface area contributed by atoms with Crippen molar-refractivity contribution in [1.82, 2.24) is 59.9 Å². The molecule has 6 heterocycles. The zero-order valence-corrected chi connectivity index (χ0v) is 26.5. The van der Waals surface area contributed by atoms with Gasteiger partial charge in [0, 0.05) is 23.2 Å². The van der Waals surface area contributed by atoms with Crippen LogP contribution in [0, 0.1) is 0 Å². The highest BCUT2D eigenvalue weighted by molar-refractivity contribution is 9.10. The molecule has 0 aliphatic carbocycles. The summed E-state index contributed by atoms with van der Waals surface area (Å²) < 4.78 is 4.90. The number of pyridine rings is 2. The van der Waals surface area contributed by atoms with Gasteiger partial charge in [-0.15, -0.1) is 10.2 Å². The average molecular weight is 710 g/mol. The number of nitrogens with zero attached hydrogens (tertiary/aromatic N) is 12. The van der Waals surface area contributed by atoms with Crippen LogP contribution in [-0.2, 0) is 0 Å². The van der Waals surface area contributed by atoms with Crippen LogP contribution in [0.25, 0.3) is 44.4 Å². The molecule has 8 aromatic rings. The van der Waals surface area contributed by atoms with Crippen LogP contribution in [-0.4, -0.2) is 59.9 Å². The summed E-state index contributed by atoms with van der Waals surface area (Å²) in [6.45, 7) is 4.13. The fraction of sp³-hybridized carbons (Fsp3) is 0.133. The Bertz CT molecular complexity index is 2120. The molecule has 0 spiro atoms. The van der Waals surface area contributed by atoms with Crippen LogP contribution in [0.4, 0.5) is 0 Å². The van der Waals surface area contributed by atoms with Crippen LogP contribution < -0.4 is 0 Å². The molecule has 0 N–H and O–H groups in total. The van der Waals surface area contributed by atoms with Crippen LogP contribution in [0.3, 0.4) is 0 Å². The molecule has 0 unspecified atom stereocenters. The maximum Gasteiger partial charge on any atom is 0.221 e. The monoisotopic (exact) mass is 708 g/mol. The van der Waals surface area contributed by atoms with E-state index in [-0.39, 0.29) is 12.1 Å². The smallest absolute Gasteiger partial charge is 0.221 e. The number of benzene rings is 2. The van der Waals surface area contributed by atoms with Crippen molar-refractivity contribution in [2.45, 2.75) is 25.9 Å². The van der Waals surface area contributed by atoms with Crippen molar-refractivity contribution >= 4 is 76.3 Å². The predicted molar refractivity (Wildman–Crippen MR) is 173 cm³/mol. The minimum atomic E-state index is -0.00166. The molecule has 14 heteroatoms. The Kier molecular flexibility index (Phi) is 7.44. The second-order valence-electron chi connectivity index (χ2n) is 10.0. The van der Waals surface area contributed by atoms with E-state index >= 15 is 0 Å². The predicted octanol–water partition coefficient (Wildman–Crippen LogP) is 6.28. The third-order valence-corrected chi connectivity index (χ3v) is 8.03. The normalized spacial score (nSPS) is 12.8. The number of rotatable bonds is 4. The lowest BCUT2D eigenvalue weighted by molar-refractivity contribution is 0.556. The van der Waals surface area contributed by atoms with Gasteiger partial charge in [0.2, 0.25) is 11.3 Å². The van der Waals surface area contributed by atoms with Crippen LogP contribution in [0.5, 0.6) is 0 Å². The molecule has 6 aromatic heterocycles. The molecule has 0 saturated heterocycles. The van der Waals surface area contributed by atoms with Crippen molar-refractivity contribution in [3.05, 3.63) is 106 Å². The van der Waals surface area contributed by atoms with Crippen molar-refractivity contribution in [3.8, 4) is 0 Å². The van der Waals surface area contributed by atoms with Crippen molar-refractivity contribution < 1.29 is 0 Å². The Labute approximate surface area is 266 Å². The first kappa shape index (κ1) is 28.0. The fourth-order valence-corrected chi connectivity index (χ4v) is 5.47. The number of hydrogen-bond acceptors (Lipinski definition) is 10. The van der Waals surface area contributed by atoms with E-state index in [2.05, 4.69) is 121 Å². The van der Waals surface area contributed by atoms with Gasteiger partial charge in [-0.3, -0.25) is 9.97 Å². The van der Waals surface area contributed by atoms with Crippen molar-refractivity contribution in [1.29, 1.82) is 0 Å². The third-order valence-electron chi connectivity index (χ3n) is 7.27. The topological polar surface area (TPSA) is 139 Å². The average Bonchev–Trinajstić information content (AvgIpc) is 3.67. The van der Waals surface area contributed by atoms with Gasteiger partial charge in [0.05, 0.1) is 35.5 Å². The highest BCUT2D eigenvalue weighted by Crippen LogP contribution is 2.25. The molecule has 0 aliphatic rings. The molecule has 0 amide bonds. The van der Waals surface area contributed by atoms with Crippen LogP contribution in [0.2, 0.25) is 0 Å². The number of aromatic nitrogens is 12. The first-order valence-corrected chi connectivity index (χ1v) is 15.2. The lowest BCUT2D eigenvalue weighted by atomic mass is 10.1. The lowest BCUT2D eigenvalue weighted by Gasteiger charge is -2.13. The summed E-state index contributed by atoms with van der Waals surface area (Å²) in [7, 11) is 0. The molecule has 0 fully saturated rings. The highest BCUT2D eigenvalue weighted by atomic mass is 79.9. The molecule has 2 atom stereocenters. The molecular formula is C30H22Br2N12. The van der Waals surface area contributed by atoms with E-state index in [1.165, 1.54) is 0 Å². The summed E-state index contributed by atoms with van der Waals surface area (Å²) in [6.07, 6.45) is 6.83. The molecule has 44 heavy (non-hydrogen) atoms. The van der Waals surface area contributed by atoms with Gasteiger partial charge in [0.1, 0.15) is 9.21 Å². The number of halogens is 2. The Morgan fingerprint density at radius 3 is 1.50 bits per heavy atom. The van der Waals surface area contributed by atoms with Crippen LogP contribution in [0.1, 0.15) is 37.1 Å². The molecular weight excluding hydrogens is 688 g/mol. The van der Waals surface area contributed by atoms with Gasteiger partial charge in [-0.1, -0.05) is 34.7 Å². The second-order valence-corrected chi connectivity index (χ2v) is 11.6. The Balaban J connectivity index is 0.000000142. The molecule has 0 saturated carbocycles. The van der Waals surface area contributed by atoms with Gasteiger partial charge < -0.3 is 0 Å². The van der Waals surface area contributed by atoms with Gasteiger partial charge >= 0.3 is 0 Å². The Morgan fingerprint density at radius 1 is 0.591 bits per heavy atom. The van der Waals surface area contributed by atoms with E-state index in [4.69, 9.17) is 0 Å². The zero-order chi connectivity index (χ0) is 30.2. The standard InChI is InChI=1S/2C15H11BrN6/c2*1-9(10-4-5-12-11(7-10)3-2-6-17-12)22-15-14(20-21-22)18-8-13(16)19-15/h2*2-9H,1H3/t2*9-/m10/s1. The van der Waals surface area contributed by atoms with Gasteiger partial charge in [0.15, 0.2) is 11.3 Å². The van der Waals surface area contributed by atoms with Crippen molar-refractivity contribution in [2.75, 3.05) is 0 Å². The first-order valence-electron chi connectivity index (χ1n) is 13.6. The van der Waals surface area contributed by atoms with E-state index in [1.54, 1.807) is 34.2 Å². The minimum absolute atomic E-state index is 0.00166. The Hall–Kier alpha value is -4.82. The van der Waals surface area contributed by atoms with E-state index in [0.29, 0.717) is 31.8 Å². The van der Waals surface area contributed by atoms with Crippen molar-refractivity contribution in [3.63, 3.8) is 0 Å². The SMILES string of the molecule is C[C@@H](c1ccc2ncccc2c1)n1nnc2ncc(Br)nc21.C[C@H](c1ccc2ncccc2c1)n1nnc2ncc(Br)nc21. The molecule has 216 valence electrons. The second kappa shape index (κ2) is 11.7. The van der Waals surface area contributed by atoms with Crippen LogP contribution >= 0.6 is 31.9 Å². The third kappa shape index (κ3) is 5.37. The first-order chi connectivity index (χ1) is 21.4. The quantitative estimate of drug-likeness (QED) is 0.205. The van der Waals surface area contributed by atoms with Gasteiger partial charge in [-0.25, -0.2) is 29.3 Å². The summed E-state index contributed by atoms with van der Waals surface area (Å²) >= 11 is 6.68. The van der Waals surface area contributed by atoms with Gasteiger partial charge in [0.25, 0.3) is 0 Å². The number of fused-ring (bicyclic) bond motifs is 4. The molecule has 0 bridgehead atoms. The van der Waals surface area contributed by atoms with E-state index < -0.39 is 0 Å². The summed E-state index contributed by atoms with van der Waals surface area (Å²) in [5.74, 6) is 0. The minimum Gasteiger partial charge on any atom is -0.256 e. The lowest BCUT2D eigenvalue weighted by Crippen LogP contribution is -2.09.